The number of rotatable bonds is 8. The van der Waals surface area contributed by atoms with Crippen LogP contribution in [-0.4, -0.2) is 77.4 Å². The first-order valence-corrected chi connectivity index (χ1v) is 17.9. The number of fused-ring (bicyclic) bond motifs is 1. The third kappa shape index (κ3) is 7.85. The van der Waals surface area contributed by atoms with Gasteiger partial charge in [-0.3, -0.25) is 4.90 Å². The van der Waals surface area contributed by atoms with Gasteiger partial charge in [-0.05, 0) is 90.8 Å². The maximum Gasteiger partial charge on any atom is 0.410 e. The van der Waals surface area contributed by atoms with E-state index in [2.05, 4.69) is 76.8 Å². The van der Waals surface area contributed by atoms with Crippen LogP contribution in [0.4, 0.5) is 4.79 Å². The van der Waals surface area contributed by atoms with Gasteiger partial charge in [0, 0.05) is 43.9 Å². The molecule has 1 aromatic heterocycles. The minimum Gasteiger partial charge on any atom is -0.465 e. The first-order valence-electron chi connectivity index (χ1n) is 17.9. The summed E-state index contributed by atoms with van der Waals surface area (Å²) >= 11 is 0. The molecule has 0 saturated heterocycles. The molecule has 5 aromatic rings. The van der Waals surface area contributed by atoms with Crippen LogP contribution in [0.1, 0.15) is 61.0 Å². The van der Waals surface area contributed by atoms with E-state index in [-0.39, 0.29) is 6.09 Å². The normalized spacial score (nSPS) is 15.3. The maximum absolute atomic E-state index is 12.9. The van der Waals surface area contributed by atoms with E-state index in [1.165, 1.54) is 12.7 Å². The molecule has 52 heavy (non-hydrogen) atoms. The predicted molar refractivity (Wildman–Crippen MR) is 204 cm³/mol. The Kier molecular flexibility index (Phi) is 10.0. The third-order valence-corrected chi connectivity index (χ3v) is 9.64. The van der Waals surface area contributed by atoms with Crippen molar-refractivity contribution < 1.29 is 23.6 Å². The van der Waals surface area contributed by atoms with Crippen molar-refractivity contribution in [3.05, 3.63) is 120 Å². The summed E-state index contributed by atoms with van der Waals surface area (Å²) in [6.45, 7) is 9.33. The summed E-state index contributed by atoms with van der Waals surface area (Å²) in [5.41, 5.74) is 7.22. The number of carbonyl (C=O) groups is 2. The van der Waals surface area contributed by atoms with Gasteiger partial charge in [-0.2, -0.15) is 4.98 Å². The van der Waals surface area contributed by atoms with Gasteiger partial charge in [0.15, 0.2) is 0 Å². The molecule has 0 aliphatic carbocycles. The van der Waals surface area contributed by atoms with Crippen LogP contribution in [0.25, 0.3) is 44.4 Å². The topological polar surface area (TPSA) is 98.0 Å². The van der Waals surface area contributed by atoms with Crippen LogP contribution in [-0.2, 0) is 15.9 Å². The van der Waals surface area contributed by atoms with E-state index in [4.69, 9.17) is 19.0 Å². The van der Waals surface area contributed by atoms with Crippen molar-refractivity contribution in [2.24, 2.45) is 0 Å². The molecule has 266 valence electrons. The molecular formula is C43H44N4O5. The van der Waals surface area contributed by atoms with Crippen molar-refractivity contribution in [1.82, 2.24) is 19.9 Å². The van der Waals surface area contributed by atoms with Crippen LogP contribution in [0, 0.1) is 0 Å². The molecule has 0 radical (unpaired) electrons. The van der Waals surface area contributed by atoms with Crippen molar-refractivity contribution in [3.8, 4) is 22.5 Å². The maximum atomic E-state index is 12.9. The molecule has 4 aromatic carbocycles. The van der Waals surface area contributed by atoms with Crippen molar-refractivity contribution in [2.75, 3.05) is 39.8 Å². The molecule has 0 unspecified atom stereocenters. The van der Waals surface area contributed by atoms with Gasteiger partial charge in [0.2, 0.25) is 5.82 Å². The summed E-state index contributed by atoms with van der Waals surface area (Å²) in [6, 6.07) is 28.8. The number of carbonyl (C=O) groups excluding carboxylic acids is 2. The molecule has 1 amide bonds. The van der Waals surface area contributed by atoms with Crippen molar-refractivity contribution in [1.29, 1.82) is 0 Å². The molecule has 0 spiro atoms. The summed E-state index contributed by atoms with van der Waals surface area (Å²) < 4.78 is 16.4. The zero-order valence-corrected chi connectivity index (χ0v) is 30.2. The number of aromatic nitrogens is 2. The van der Waals surface area contributed by atoms with Gasteiger partial charge in [0.25, 0.3) is 5.89 Å². The molecule has 0 atom stereocenters. The lowest BCUT2D eigenvalue weighted by atomic mass is 9.88. The quantitative estimate of drug-likeness (QED) is 0.149. The molecule has 0 saturated carbocycles. The zero-order valence-electron chi connectivity index (χ0n) is 30.2. The fraction of sp³-hybridized carbons (Fsp3) is 0.302. The lowest BCUT2D eigenvalue weighted by Gasteiger charge is -2.30. The molecule has 0 N–H and O–H groups in total. The van der Waals surface area contributed by atoms with E-state index in [9.17, 15) is 9.59 Å². The number of benzene rings is 4. The summed E-state index contributed by atoms with van der Waals surface area (Å²) in [6.07, 6.45) is 6.38. The van der Waals surface area contributed by atoms with Gasteiger partial charge in [0.05, 0.1) is 12.7 Å². The first-order chi connectivity index (χ1) is 25.1. The van der Waals surface area contributed by atoms with Crippen LogP contribution < -0.4 is 0 Å². The highest BCUT2D eigenvalue weighted by molar-refractivity contribution is 6.06. The Balaban J connectivity index is 1.06. The molecule has 7 rings (SSSR count). The van der Waals surface area contributed by atoms with Gasteiger partial charge in [-0.1, -0.05) is 90.1 Å². The molecule has 9 heteroatoms. The van der Waals surface area contributed by atoms with Gasteiger partial charge in [-0.15, -0.1) is 0 Å². The van der Waals surface area contributed by atoms with Crippen molar-refractivity contribution >= 4 is 34.0 Å². The average Bonchev–Trinajstić information content (AvgIpc) is 3.67. The monoisotopic (exact) mass is 696 g/mol. The number of esters is 1. The number of methoxy groups -OCH3 is 1. The van der Waals surface area contributed by atoms with Crippen LogP contribution in [0.3, 0.4) is 0 Å². The number of nitrogens with zero attached hydrogens (tertiary/aromatic N) is 4. The molecule has 0 bridgehead atoms. The van der Waals surface area contributed by atoms with Crippen LogP contribution >= 0.6 is 0 Å². The number of hydrogen-bond donors (Lipinski definition) is 0. The number of ether oxygens (including phenoxy) is 2. The van der Waals surface area contributed by atoms with E-state index in [1.54, 1.807) is 4.90 Å². The minimum absolute atomic E-state index is 0.340. The molecule has 2 aliphatic rings. The Morgan fingerprint density at radius 3 is 2.25 bits per heavy atom. The highest BCUT2D eigenvalue weighted by atomic mass is 16.6. The van der Waals surface area contributed by atoms with Crippen molar-refractivity contribution in [3.63, 3.8) is 0 Å². The van der Waals surface area contributed by atoms with E-state index in [0.29, 0.717) is 36.8 Å². The number of amides is 1. The lowest BCUT2D eigenvalue weighted by molar-refractivity contribution is 0.0270. The summed E-state index contributed by atoms with van der Waals surface area (Å²) in [5, 5.41) is 6.26. The van der Waals surface area contributed by atoms with Gasteiger partial charge < -0.3 is 18.9 Å². The Bertz CT molecular complexity index is 2140. The molecule has 3 heterocycles. The Labute approximate surface area is 304 Å². The second kappa shape index (κ2) is 15.0. The molecular weight excluding hydrogens is 652 g/mol. The highest BCUT2D eigenvalue weighted by Gasteiger charge is 2.26. The largest absolute Gasteiger partial charge is 0.465 e. The Morgan fingerprint density at radius 1 is 0.827 bits per heavy atom. The fourth-order valence-corrected chi connectivity index (χ4v) is 6.85. The molecule has 9 nitrogen and oxygen atoms in total. The van der Waals surface area contributed by atoms with E-state index in [0.717, 1.165) is 76.6 Å². The Hall–Kier alpha value is -5.54. The van der Waals surface area contributed by atoms with Gasteiger partial charge in [-0.25, -0.2) is 9.59 Å². The third-order valence-electron chi connectivity index (χ3n) is 9.64. The van der Waals surface area contributed by atoms with E-state index < -0.39 is 11.6 Å². The number of hydrogen-bond acceptors (Lipinski definition) is 8. The standard InChI is InChI=1S/C43H44N4O5/c1-43(2,3)51-42(49)47-26-21-31(22-27-47)38-36-16-14-34(28-35(36)15-17-37(38)41(48)50-4)30-10-12-32(13-11-30)39-44-40(52-45-39)33-19-24-46(25-20-33)23-18-29-8-6-5-7-9-29/h5-17,19,21,28H,18,20,22-27H2,1-4H3. The molecule has 2 aliphatic heterocycles. The summed E-state index contributed by atoms with van der Waals surface area (Å²) in [4.78, 5) is 34.5. The summed E-state index contributed by atoms with van der Waals surface area (Å²) in [7, 11) is 1.40. The molecule has 0 fully saturated rings. The second-order valence-corrected chi connectivity index (χ2v) is 14.3. The lowest BCUT2D eigenvalue weighted by Crippen LogP contribution is -2.39. The van der Waals surface area contributed by atoms with Gasteiger partial charge in [0.1, 0.15) is 5.60 Å². The summed E-state index contributed by atoms with van der Waals surface area (Å²) in [5.74, 6) is 0.764. The second-order valence-electron chi connectivity index (χ2n) is 14.3. The van der Waals surface area contributed by atoms with Crippen LogP contribution in [0.15, 0.2) is 102 Å². The van der Waals surface area contributed by atoms with Crippen LogP contribution in [0.5, 0.6) is 0 Å². The zero-order chi connectivity index (χ0) is 36.2. The van der Waals surface area contributed by atoms with E-state index in [1.807, 2.05) is 51.1 Å². The smallest absolute Gasteiger partial charge is 0.410 e. The highest BCUT2D eigenvalue weighted by Crippen LogP contribution is 2.36. The Morgan fingerprint density at radius 2 is 1.56 bits per heavy atom. The minimum atomic E-state index is -0.567. The van der Waals surface area contributed by atoms with Crippen LogP contribution in [0.2, 0.25) is 0 Å². The average molecular weight is 697 g/mol. The van der Waals surface area contributed by atoms with Crippen molar-refractivity contribution in [2.45, 2.75) is 45.6 Å². The SMILES string of the molecule is COC(=O)c1ccc2cc(-c3ccc(-c4noc(C5=CCN(CCc6ccccc6)CC5)n4)cc3)ccc2c1C1=CCN(C(=O)OC(C)(C)C)CC1. The van der Waals surface area contributed by atoms with E-state index >= 15 is 0 Å². The predicted octanol–water partition coefficient (Wildman–Crippen LogP) is 8.70. The fourth-order valence-electron chi connectivity index (χ4n) is 6.85. The van der Waals surface area contributed by atoms with Gasteiger partial charge >= 0.3 is 12.1 Å². The first kappa shape index (κ1) is 34.9.